The lowest BCUT2D eigenvalue weighted by Gasteiger charge is -2.13. The van der Waals surface area contributed by atoms with E-state index in [0.717, 1.165) is 34.7 Å². The Balaban J connectivity index is 1.80. The second-order valence-corrected chi connectivity index (χ2v) is 10.5. The summed E-state index contributed by atoms with van der Waals surface area (Å²) in [7, 11) is -0.423. The third-order valence-corrected chi connectivity index (χ3v) is 7.83. The molecule has 0 saturated heterocycles. The van der Waals surface area contributed by atoms with Gasteiger partial charge in [0.1, 0.15) is 0 Å². The summed E-state index contributed by atoms with van der Waals surface area (Å²) in [4.78, 5) is 6.01. The molecule has 0 N–H and O–H groups in total. The molecule has 4 aromatic rings. The molecule has 1 aromatic heterocycles. The van der Waals surface area contributed by atoms with E-state index in [1.165, 1.54) is 9.87 Å². The van der Waals surface area contributed by atoms with Crippen LogP contribution in [0.25, 0.3) is 11.3 Å². The van der Waals surface area contributed by atoms with Crippen molar-refractivity contribution < 1.29 is 8.42 Å². The normalized spacial score (nSPS) is 12.4. The standard InChI is InChI=1S/C25H25N3O2S2/c1-27(2)32(29,30)23-15-9-12-21(18-23)24-19-31-25(26-22-13-7-4-8-14-22)28(24)17-16-20-10-5-3-6-11-20/h3-15,18-19H,16-17H2,1-2H3. The predicted molar refractivity (Wildman–Crippen MR) is 130 cm³/mol. The second kappa shape index (κ2) is 9.65. The molecule has 0 unspecified atom stereocenters. The number of hydrogen-bond acceptors (Lipinski definition) is 4. The van der Waals surface area contributed by atoms with Crippen molar-refractivity contribution in [3.05, 3.63) is 101 Å². The summed E-state index contributed by atoms with van der Waals surface area (Å²) >= 11 is 1.56. The Labute approximate surface area is 193 Å². The van der Waals surface area contributed by atoms with Crippen LogP contribution in [0.2, 0.25) is 0 Å². The van der Waals surface area contributed by atoms with Crippen LogP contribution in [0.15, 0.2) is 100 Å². The van der Waals surface area contributed by atoms with E-state index in [1.54, 1.807) is 43.6 Å². The first-order valence-corrected chi connectivity index (χ1v) is 12.6. The van der Waals surface area contributed by atoms with E-state index in [2.05, 4.69) is 16.7 Å². The summed E-state index contributed by atoms with van der Waals surface area (Å²) in [6.45, 7) is 0.735. The van der Waals surface area contributed by atoms with Gasteiger partial charge in [0, 0.05) is 31.6 Å². The van der Waals surface area contributed by atoms with Gasteiger partial charge in [-0.3, -0.25) is 0 Å². The Kier molecular flexibility index (Phi) is 6.69. The SMILES string of the molecule is CN(C)S(=O)(=O)c1cccc(-c2csc(=Nc3ccccc3)n2CCc2ccccc2)c1. The van der Waals surface area contributed by atoms with Crippen LogP contribution in [0.1, 0.15) is 5.56 Å². The average molecular weight is 464 g/mol. The maximum Gasteiger partial charge on any atom is 0.242 e. The zero-order chi connectivity index (χ0) is 22.6. The number of rotatable bonds is 7. The fourth-order valence-electron chi connectivity index (χ4n) is 3.39. The smallest absolute Gasteiger partial charge is 0.242 e. The van der Waals surface area contributed by atoms with E-state index in [1.807, 2.05) is 60.0 Å². The molecule has 0 saturated carbocycles. The minimum atomic E-state index is -3.51. The molecule has 0 aliphatic rings. The first-order chi connectivity index (χ1) is 15.4. The fraction of sp³-hybridized carbons (Fsp3) is 0.160. The maximum absolute atomic E-state index is 12.7. The number of para-hydroxylation sites is 1. The molecule has 0 fully saturated rings. The van der Waals surface area contributed by atoms with Crippen molar-refractivity contribution in [2.75, 3.05) is 14.1 Å². The van der Waals surface area contributed by atoms with Crippen LogP contribution < -0.4 is 4.80 Å². The van der Waals surface area contributed by atoms with Crippen molar-refractivity contribution >= 4 is 27.0 Å². The Bertz CT molecular complexity index is 1360. The minimum Gasteiger partial charge on any atom is -0.316 e. The molecular formula is C25H25N3O2S2. The van der Waals surface area contributed by atoms with Crippen LogP contribution in [0.3, 0.4) is 0 Å². The van der Waals surface area contributed by atoms with Crippen LogP contribution in [-0.2, 0) is 23.0 Å². The zero-order valence-corrected chi connectivity index (χ0v) is 19.7. The summed E-state index contributed by atoms with van der Waals surface area (Å²) in [5, 5.41) is 2.05. The number of hydrogen-bond donors (Lipinski definition) is 0. The highest BCUT2D eigenvalue weighted by molar-refractivity contribution is 7.89. The molecule has 0 amide bonds. The van der Waals surface area contributed by atoms with Crippen molar-refractivity contribution in [2.24, 2.45) is 4.99 Å². The van der Waals surface area contributed by atoms with Crippen LogP contribution in [0.5, 0.6) is 0 Å². The molecule has 1 heterocycles. The van der Waals surface area contributed by atoms with Gasteiger partial charge < -0.3 is 4.57 Å². The lowest BCUT2D eigenvalue weighted by Crippen LogP contribution is -2.22. The van der Waals surface area contributed by atoms with Gasteiger partial charge in [-0.1, -0.05) is 60.7 Å². The predicted octanol–water partition coefficient (Wildman–Crippen LogP) is 4.94. The number of benzene rings is 3. The minimum absolute atomic E-state index is 0.280. The number of nitrogens with zero attached hydrogens (tertiary/aromatic N) is 3. The van der Waals surface area contributed by atoms with E-state index in [-0.39, 0.29) is 4.90 Å². The molecule has 0 aliphatic heterocycles. The summed E-state index contributed by atoms with van der Waals surface area (Å²) in [6, 6.07) is 27.3. The molecule has 0 spiro atoms. The van der Waals surface area contributed by atoms with Crippen molar-refractivity contribution in [1.29, 1.82) is 0 Å². The molecule has 7 heteroatoms. The average Bonchev–Trinajstić information content (AvgIpc) is 3.21. The van der Waals surface area contributed by atoms with Crippen molar-refractivity contribution in [2.45, 2.75) is 17.9 Å². The monoisotopic (exact) mass is 463 g/mol. The lowest BCUT2D eigenvalue weighted by molar-refractivity contribution is 0.521. The van der Waals surface area contributed by atoms with Crippen LogP contribution in [0, 0.1) is 0 Å². The summed E-state index contributed by atoms with van der Waals surface area (Å²) < 4.78 is 28.7. The number of aromatic nitrogens is 1. The zero-order valence-electron chi connectivity index (χ0n) is 18.0. The fourth-order valence-corrected chi connectivity index (χ4v) is 5.29. The summed E-state index contributed by atoms with van der Waals surface area (Å²) in [5.74, 6) is 0. The molecule has 164 valence electrons. The summed E-state index contributed by atoms with van der Waals surface area (Å²) in [5.41, 5.74) is 3.94. The van der Waals surface area contributed by atoms with Gasteiger partial charge in [0.25, 0.3) is 0 Å². The summed E-state index contributed by atoms with van der Waals surface area (Å²) in [6.07, 6.45) is 0.849. The van der Waals surface area contributed by atoms with Crippen LogP contribution >= 0.6 is 11.3 Å². The third kappa shape index (κ3) is 4.91. The first kappa shape index (κ1) is 22.2. The van der Waals surface area contributed by atoms with E-state index in [4.69, 9.17) is 4.99 Å². The van der Waals surface area contributed by atoms with E-state index >= 15 is 0 Å². The van der Waals surface area contributed by atoms with Gasteiger partial charge in [-0.2, -0.15) is 0 Å². The first-order valence-electron chi connectivity index (χ1n) is 10.3. The number of sulfonamides is 1. The quantitative estimate of drug-likeness (QED) is 0.390. The van der Waals surface area contributed by atoms with Crippen LogP contribution in [-0.4, -0.2) is 31.4 Å². The molecule has 3 aromatic carbocycles. The van der Waals surface area contributed by atoms with Gasteiger partial charge in [0.05, 0.1) is 16.3 Å². The van der Waals surface area contributed by atoms with Crippen LogP contribution in [0.4, 0.5) is 5.69 Å². The molecule has 4 rings (SSSR count). The van der Waals surface area contributed by atoms with E-state index < -0.39 is 10.0 Å². The topological polar surface area (TPSA) is 54.7 Å². The van der Waals surface area contributed by atoms with E-state index in [0.29, 0.717) is 0 Å². The third-order valence-electron chi connectivity index (χ3n) is 5.15. The van der Waals surface area contributed by atoms with Gasteiger partial charge in [-0.05, 0) is 36.2 Å². The lowest BCUT2D eigenvalue weighted by atomic mass is 10.1. The molecule has 0 aliphatic carbocycles. The van der Waals surface area contributed by atoms with Gasteiger partial charge in [0.15, 0.2) is 4.80 Å². The van der Waals surface area contributed by atoms with Crippen molar-refractivity contribution in [3.63, 3.8) is 0 Å². The highest BCUT2D eigenvalue weighted by atomic mass is 32.2. The highest BCUT2D eigenvalue weighted by Gasteiger charge is 2.18. The number of thiazole rings is 1. The Hall–Kier alpha value is -3.00. The molecule has 5 nitrogen and oxygen atoms in total. The van der Waals surface area contributed by atoms with E-state index in [9.17, 15) is 8.42 Å². The highest BCUT2D eigenvalue weighted by Crippen LogP contribution is 2.25. The second-order valence-electron chi connectivity index (χ2n) is 7.55. The largest absolute Gasteiger partial charge is 0.316 e. The van der Waals surface area contributed by atoms with Gasteiger partial charge >= 0.3 is 0 Å². The Morgan fingerprint density at radius 1 is 0.906 bits per heavy atom. The molecule has 32 heavy (non-hydrogen) atoms. The van der Waals surface area contributed by atoms with Gasteiger partial charge in [-0.15, -0.1) is 11.3 Å². The Morgan fingerprint density at radius 3 is 2.28 bits per heavy atom. The maximum atomic E-state index is 12.7. The molecule has 0 radical (unpaired) electrons. The van der Waals surface area contributed by atoms with Gasteiger partial charge in [-0.25, -0.2) is 17.7 Å². The molecular weight excluding hydrogens is 438 g/mol. The molecule has 0 atom stereocenters. The Morgan fingerprint density at radius 2 is 1.59 bits per heavy atom. The van der Waals surface area contributed by atoms with Crippen molar-refractivity contribution in [3.8, 4) is 11.3 Å². The number of aryl methyl sites for hydroxylation is 1. The van der Waals surface area contributed by atoms with Gasteiger partial charge in [0.2, 0.25) is 10.0 Å². The van der Waals surface area contributed by atoms with Crippen molar-refractivity contribution in [1.82, 2.24) is 8.87 Å². The molecule has 0 bridgehead atoms.